The molecule has 1 unspecified atom stereocenters. The summed E-state index contributed by atoms with van der Waals surface area (Å²) in [6, 6.07) is 0. The average molecular weight is 198 g/mol. The summed E-state index contributed by atoms with van der Waals surface area (Å²) in [5.41, 5.74) is 0.513. The Balaban J connectivity index is 3.54. The first kappa shape index (κ1) is 14.0. The first-order chi connectivity index (χ1) is 6.52. The van der Waals surface area contributed by atoms with E-state index in [4.69, 9.17) is 0 Å². The maximum atomic E-state index is 2.38. The Morgan fingerprint density at radius 1 is 0.857 bits per heavy atom. The van der Waals surface area contributed by atoms with E-state index in [2.05, 4.69) is 34.6 Å². The largest absolute Gasteiger partial charge is 0.0654 e. The summed E-state index contributed by atoms with van der Waals surface area (Å²) in [7, 11) is 0. The fourth-order valence-electron chi connectivity index (χ4n) is 2.24. The SMILES string of the molecule is CCCCCCCC(CC)C(C)(C)C. The second-order valence-electron chi connectivity index (χ2n) is 5.67. The molecule has 0 aliphatic carbocycles. The van der Waals surface area contributed by atoms with Crippen LogP contribution in [0.25, 0.3) is 0 Å². The van der Waals surface area contributed by atoms with E-state index in [1.54, 1.807) is 0 Å². The smallest absolute Gasteiger partial charge is 0.0354 e. The summed E-state index contributed by atoms with van der Waals surface area (Å²) in [6.07, 6.45) is 9.89. The van der Waals surface area contributed by atoms with E-state index >= 15 is 0 Å². The lowest BCUT2D eigenvalue weighted by Gasteiger charge is -2.29. The fourth-order valence-corrected chi connectivity index (χ4v) is 2.24. The second kappa shape index (κ2) is 7.31. The number of unbranched alkanes of at least 4 members (excludes halogenated alkanes) is 4. The zero-order valence-corrected chi connectivity index (χ0v) is 11.0. The third-order valence-electron chi connectivity index (χ3n) is 3.37. The third-order valence-corrected chi connectivity index (χ3v) is 3.37. The third kappa shape index (κ3) is 6.45. The summed E-state index contributed by atoms with van der Waals surface area (Å²) >= 11 is 0. The van der Waals surface area contributed by atoms with Crippen LogP contribution in [0.3, 0.4) is 0 Å². The van der Waals surface area contributed by atoms with E-state index < -0.39 is 0 Å². The first-order valence-corrected chi connectivity index (χ1v) is 6.52. The minimum Gasteiger partial charge on any atom is -0.0654 e. The first-order valence-electron chi connectivity index (χ1n) is 6.52. The molecule has 14 heavy (non-hydrogen) atoms. The Morgan fingerprint density at radius 2 is 1.43 bits per heavy atom. The van der Waals surface area contributed by atoms with E-state index in [1.165, 1.54) is 44.9 Å². The van der Waals surface area contributed by atoms with E-state index in [0.29, 0.717) is 5.41 Å². The number of rotatable bonds is 7. The molecular weight excluding hydrogens is 168 g/mol. The van der Waals surface area contributed by atoms with E-state index in [9.17, 15) is 0 Å². The van der Waals surface area contributed by atoms with Crippen LogP contribution in [0.5, 0.6) is 0 Å². The van der Waals surface area contributed by atoms with Gasteiger partial charge in [0.2, 0.25) is 0 Å². The lowest BCUT2D eigenvalue weighted by atomic mass is 9.76. The lowest BCUT2D eigenvalue weighted by Crippen LogP contribution is -2.19. The van der Waals surface area contributed by atoms with Gasteiger partial charge in [-0.25, -0.2) is 0 Å². The molecule has 0 nitrogen and oxygen atoms in total. The van der Waals surface area contributed by atoms with Gasteiger partial charge >= 0.3 is 0 Å². The van der Waals surface area contributed by atoms with Crippen LogP contribution in [-0.4, -0.2) is 0 Å². The molecule has 86 valence electrons. The zero-order chi connectivity index (χ0) is 11.0. The van der Waals surface area contributed by atoms with Gasteiger partial charge in [0.15, 0.2) is 0 Å². The molecule has 0 spiro atoms. The molecule has 0 saturated carbocycles. The molecule has 0 N–H and O–H groups in total. The van der Waals surface area contributed by atoms with Gasteiger partial charge in [-0.1, -0.05) is 73.1 Å². The molecule has 0 amide bonds. The van der Waals surface area contributed by atoms with Gasteiger partial charge in [0.05, 0.1) is 0 Å². The second-order valence-corrected chi connectivity index (χ2v) is 5.67. The Hall–Kier alpha value is 0. The molecule has 0 fully saturated rings. The quantitative estimate of drug-likeness (QED) is 0.479. The van der Waals surface area contributed by atoms with Gasteiger partial charge in [0.1, 0.15) is 0 Å². The highest BCUT2D eigenvalue weighted by Gasteiger charge is 2.21. The summed E-state index contributed by atoms with van der Waals surface area (Å²) < 4.78 is 0. The van der Waals surface area contributed by atoms with Gasteiger partial charge in [0.25, 0.3) is 0 Å². The summed E-state index contributed by atoms with van der Waals surface area (Å²) in [4.78, 5) is 0. The van der Waals surface area contributed by atoms with Crippen molar-refractivity contribution < 1.29 is 0 Å². The van der Waals surface area contributed by atoms with E-state index in [1.807, 2.05) is 0 Å². The highest BCUT2D eigenvalue weighted by atomic mass is 14.3. The normalized spacial score (nSPS) is 14.4. The maximum absolute atomic E-state index is 2.38. The van der Waals surface area contributed by atoms with Crippen LogP contribution in [-0.2, 0) is 0 Å². The van der Waals surface area contributed by atoms with Crippen LogP contribution in [0.1, 0.15) is 79.6 Å². The molecule has 0 heterocycles. The van der Waals surface area contributed by atoms with Gasteiger partial charge in [-0.2, -0.15) is 0 Å². The lowest BCUT2D eigenvalue weighted by molar-refractivity contribution is 0.213. The van der Waals surface area contributed by atoms with Crippen LogP contribution < -0.4 is 0 Å². The molecule has 0 aliphatic rings. The maximum Gasteiger partial charge on any atom is -0.0354 e. The van der Waals surface area contributed by atoms with Crippen molar-refractivity contribution in [2.75, 3.05) is 0 Å². The Labute approximate surface area is 91.5 Å². The standard InChI is InChI=1S/C14H30/c1-6-8-9-10-11-12-13(7-2)14(3,4)5/h13H,6-12H2,1-5H3. The van der Waals surface area contributed by atoms with Gasteiger partial charge < -0.3 is 0 Å². The molecule has 0 aromatic carbocycles. The van der Waals surface area contributed by atoms with Crippen LogP contribution in [0.15, 0.2) is 0 Å². The van der Waals surface area contributed by atoms with Gasteiger partial charge in [-0.15, -0.1) is 0 Å². The zero-order valence-electron chi connectivity index (χ0n) is 11.0. The minimum absolute atomic E-state index is 0.513. The van der Waals surface area contributed by atoms with Crippen LogP contribution in [0.4, 0.5) is 0 Å². The minimum atomic E-state index is 0.513. The van der Waals surface area contributed by atoms with Crippen molar-refractivity contribution in [2.24, 2.45) is 11.3 Å². The molecule has 0 aliphatic heterocycles. The van der Waals surface area contributed by atoms with Gasteiger partial charge in [-0.05, 0) is 17.8 Å². The molecule has 0 rings (SSSR count). The van der Waals surface area contributed by atoms with E-state index in [-0.39, 0.29) is 0 Å². The predicted molar refractivity (Wildman–Crippen MR) is 66.6 cm³/mol. The number of hydrogen-bond acceptors (Lipinski definition) is 0. The Kier molecular flexibility index (Phi) is 7.31. The molecule has 0 aromatic heterocycles. The van der Waals surface area contributed by atoms with Crippen molar-refractivity contribution >= 4 is 0 Å². The molecule has 0 bridgehead atoms. The average Bonchev–Trinajstić information content (AvgIpc) is 2.09. The number of hydrogen-bond donors (Lipinski definition) is 0. The van der Waals surface area contributed by atoms with Crippen LogP contribution in [0, 0.1) is 11.3 Å². The highest BCUT2D eigenvalue weighted by Crippen LogP contribution is 2.32. The predicted octanol–water partition coefficient (Wildman–Crippen LogP) is 5.42. The van der Waals surface area contributed by atoms with Crippen molar-refractivity contribution in [3.05, 3.63) is 0 Å². The summed E-state index contributed by atoms with van der Waals surface area (Å²) in [6.45, 7) is 11.8. The summed E-state index contributed by atoms with van der Waals surface area (Å²) in [5.74, 6) is 0.920. The molecule has 0 heteroatoms. The summed E-state index contributed by atoms with van der Waals surface area (Å²) in [5, 5.41) is 0. The monoisotopic (exact) mass is 198 g/mol. The van der Waals surface area contributed by atoms with Crippen molar-refractivity contribution in [1.29, 1.82) is 0 Å². The van der Waals surface area contributed by atoms with E-state index in [0.717, 1.165) is 5.92 Å². The van der Waals surface area contributed by atoms with Crippen LogP contribution in [0.2, 0.25) is 0 Å². The van der Waals surface area contributed by atoms with Crippen molar-refractivity contribution in [3.8, 4) is 0 Å². The Morgan fingerprint density at radius 3 is 1.86 bits per heavy atom. The molecule has 1 atom stereocenters. The highest BCUT2D eigenvalue weighted by molar-refractivity contribution is 4.72. The topological polar surface area (TPSA) is 0 Å². The van der Waals surface area contributed by atoms with Crippen LogP contribution >= 0.6 is 0 Å². The molecule has 0 aromatic rings. The molecule has 0 radical (unpaired) electrons. The van der Waals surface area contributed by atoms with Crippen molar-refractivity contribution in [2.45, 2.75) is 79.6 Å². The van der Waals surface area contributed by atoms with Crippen molar-refractivity contribution in [3.63, 3.8) is 0 Å². The fraction of sp³-hybridized carbons (Fsp3) is 1.00. The van der Waals surface area contributed by atoms with Gasteiger partial charge in [-0.3, -0.25) is 0 Å². The van der Waals surface area contributed by atoms with Gasteiger partial charge in [0, 0.05) is 0 Å². The van der Waals surface area contributed by atoms with Crippen molar-refractivity contribution in [1.82, 2.24) is 0 Å². The molecule has 0 saturated heterocycles. The Bertz CT molecular complexity index is 118. The molecular formula is C14H30.